The van der Waals surface area contributed by atoms with Gasteiger partial charge >= 0.3 is 0 Å². The summed E-state index contributed by atoms with van der Waals surface area (Å²) < 4.78 is 5.18. The number of para-hydroxylation sites is 1. The molecule has 160 valence electrons. The van der Waals surface area contributed by atoms with Crippen LogP contribution in [0.1, 0.15) is 30.4 Å². The Morgan fingerprint density at radius 3 is 2.83 bits per heavy atom. The highest BCUT2D eigenvalue weighted by Crippen LogP contribution is 2.19. The first-order valence-electron chi connectivity index (χ1n) is 11.0. The first kappa shape index (κ1) is 20.5. The van der Waals surface area contributed by atoms with Crippen LogP contribution in [-0.2, 0) is 13.0 Å². The van der Waals surface area contributed by atoms with E-state index in [9.17, 15) is 0 Å². The van der Waals surface area contributed by atoms with Gasteiger partial charge in [0.25, 0.3) is 0 Å². The van der Waals surface area contributed by atoms with Crippen molar-refractivity contribution in [2.24, 2.45) is 4.99 Å². The summed E-state index contributed by atoms with van der Waals surface area (Å²) in [5, 5.41) is 8.91. The Kier molecular flexibility index (Phi) is 6.69. The van der Waals surface area contributed by atoms with E-state index in [4.69, 9.17) is 9.52 Å². The van der Waals surface area contributed by atoms with Crippen molar-refractivity contribution in [2.75, 3.05) is 39.3 Å². The van der Waals surface area contributed by atoms with Gasteiger partial charge in [-0.3, -0.25) is 9.89 Å². The first-order valence-corrected chi connectivity index (χ1v) is 11.0. The number of benzene rings is 1. The topological polar surface area (TPSA) is 72.7 Å². The van der Waals surface area contributed by atoms with E-state index >= 15 is 0 Å². The molecule has 0 spiro atoms. The van der Waals surface area contributed by atoms with E-state index in [1.165, 1.54) is 16.5 Å². The number of guanidine groups is 1. The molecule has 2 N–H and O–H groups in total. The van der Waals surface area contributed by atoms with Crippen molar-refractivity contribution >= 4 is 16.9 Å². The Bertz CT molecular complexity index is 967. The third-order valence-corrected chi connectivity index (χ3v) is 5.61. The SMILES string of the molecule is CCNC(=NCCCc1c[nH]c2ccccc12)N1CCN(Cc2cc(C)on2)CC1. The number of fused-ring (bicyclic) bond motifs is 1. The molecule has 7 heteroatoms. The van der Waals surface area contributed by atoms with Crippen LogP contribution in [0.2, 0.25) is 0 Å². The lowest BCUT2D eigenvalue weighted by Crippen LogP contribution is -2.52. The monoisotopic (exact) mass is 408 g/mol. The molecule has 0 atom stereocenters. The van der Waals surface area contributed by atoms with Crippen molar-refractivity contribution in [3.05, 3.63) is 53.5 Å². The normalized spacial score (nSPS) is 15.8. The van der Waals surface area contributed by atoms with Gasteiger partial charge in [0.1, 0.15) is 5.76 Å². The second-order valence-corrected chi connectivity index (χ2v) is 7.89. The zero-order valence-corrected chi connectivity index (χ0v) is 18.0. The van der Waals surface area contributed by atoms with Crippen molar-refractivity contribution in [3.8, 4) is 0 Å². The number of aryl methyl sites for hydroxylation is 2. The number of hydrogen-bond acceptors (Lipinski definition) is 4. The van der Waals surface area contributed by atoms with Gasteiger partial charge in [-0.25, -0.2) is 0 Å². The lowest BCUT2D eigenvalue weighted by Gasteiger charge is -2.36. The molecule has 3 aromatic rings. The lowest BCUT2D eigenvalue weighted by atomic mass is 10.1. The molecule has 0 aliphatic carbocycles. The summed E-state index contributed by atoms with van der Waals surface area (Å²) in [6.07, 6.45) is 4.22. The number of rotatable bonds is 7. The fourth-order valence-corrected chi connectivity index (χ4v) is 4.06. The maximum atomic E-state index is 5.18. The van der Waals surface area contributed by atoms with Crippen LogP contribution < -0.4 is 5.32 Å². The quantitative estimate of drug-likeness (QED) is 0.357. The van der Waals surface area contributed by atoms with Crippen LogP contribution in [0, 0.1) is 6.92 Å². The van der Waals surface area contributed by atoms with E-state index in [0.29, 0.717) is 0 Å². The second-order valence-electron chi connectivity index (χ2n) is 7.89. The molecule has 1 aromatic carbocycles. The van der Waals surface area contributed by atoms with Crippen LogP contribution in [-0.4, -0.2) is 65.2 Å². The maximum absolute atomic E-state index is 5.18. The van der Waals surface area contributed by atoms with Crippen molar-refractivity contribution in [2.45, 2.75) is 33.2 Å². The standard InChI is InChI=1S/C23H32N6O/c1-3-24-23(25-10-6-7-19-16-26-22-9-5-4-8-21(19)22)29-13-11-28(12-14-29)17-20-15-18(2)30-27-20/h4-5,8-9,15-16,26H,3,6-7,10-14,17H2,1-2H3,(H,24,25). The summed E-state index contributed by atoms with van der Waals surface area (Å²) in [6.45, 7) is 10.6. The molecule has 0 bridgehead atoms. The summed E-state index contributed by atoms with van der Waals surface area (Å²) in [5.74, 6) is 1.91. The van der Waals surface area contributed by atoms with Gasteiger partial charge in [0.2, 0.25) is 0 Å². The van der Waals surface area contributed by atoms with Crippen LogP contribution in [0.3, 0.4) is 0 Å². The molecule has 1 aliphatic rings. The van der Waals surface area contributed by atoms with Crippen molar-refractivity contribution in [1.29, 1.82) is 0 Å². The van der Waals surface area contributed by atoms with Gasteiger partial charge in [0.05, 0.1) is 5.69 Å². The number of nitrogens with one attached hydrogen (secondary N) is 2. The number of hydrogen-bond donors (Lipinski definition) is 2. The predicted octanol–water partition coefficient (Wildman–Crippen LogP) is 3.18. The minimum Gasteiger partial charge on any atom is -0.361 e. The molecule has 3 heterocycles. The molecular weight excluding hydrogens is 376 g/mol. The molecule has 0 amide bonds. The van der Waals surface area contributed by atoms with Crippen LogP contribution >= 0.6 is 0 Å². The molecule has 1 saturated heterocycles. The molecular formula is C23H32N6O. The summed E-state index contributed by atoms with van der Waals surface area (Å²) in [6, 6.07) is 10.5. The van der Waals surface area contributed by atoms with Crippen LogP contribution in [0.5, 0.6) is 0 Å². The molecule has 7 nitrogen and oxygen atoms in total. The van der Waals surface area contributed by atoms with E-state index in [-0.39, 0.29) is 0 Å². The van der Waals surface area contributed by atoms with Crippen molar-refractivity contribution in [1.82, 2.24) is 25.3 Å². The van der Waals surface area contributed by atoms with Gasteiger partial charge in [0, 0.05) is 69.0 Å². The zero-order valence-electron chi connectivity index (χ0n) is 18.0. The molecule has 4 rings (SSSR count). The molecule has 1 fully saturated rings. The highest BCUT2D eigenvalue weighted by Gasteiger charge is 2.20. The molecule has 0 unspecified atom stereocenters. The Morgan fingerprint density at radius 1 is 1.23 bits per heavy atom. The molecule has 0 radical (unpaired) electrons. The first-order chi connectivity index (χ1) is 14.7. The summed E-state index contributed by atoms with van der Waals surface area (Å²) >= 11 is 0. The second kappa shape index (κ2) is 9.80. The zero-order chi connectivity index (χ0) is 20.8. The van der Waals surface area contributed by atoms with Gasteiger partial charge in [0.15, 0.2) is 5.96 Å². The highest BCUT2D eigenvalue weighted by molar-refractivity contribution is 5.83. The molecule has 0 saturated carbocycles. The van der Waals surface area contributed by atoms with E-state index in [1.807, 2.05) is 13.0 Å². The van der Waals surface area contributed by atoms with Crippen LogP contribution in [0.15, 0.2) is 46.0 Å². The fourth-order valence-electron chi connectivity index (χ4n) is 4.06. The average molecular weight is 409 g/mol. The molecule has 1 aliphatic heterocycles. The van der Waals surface area contributed by atoms with Crippen molar-refractivity contribution < 1.29 is 4.52 Å². The third kappa shape index (κ3) is 5.02. The minimum atomic E-state index is 0.834. The number of aliphatic imine (C=N–C) groups is 1. The fraction of sp³-hybridized carbons (Fsp3) is 0.478. The maximum Gasteiger partial charge on any atom is 0.194 e. The van der Waals surface area contributed by atoms with Crippen molar-refractivity contribution in [3.63, 3.8) is 0 Å². The van der Waals surface area contributed by atoms with E-state index in [2.05, 4.69) is 62.6 Å². The third-order valence-electron chi connectivity index (χ3n) is 5.61. The largest absolute Gasteiger partial charge is 0.361 e. The van der Waals surface area contributed by atoms with E-state index < -0.39 is 0 Å². The van der Waals surface area contributed by atoms with Crippen LogP contribution in [0.4, 0.5) is 0 Å². The van der Waals surface area contributed by atoms with Gasteiger partial charge in [-0.1, -0.05) is 23.4 Å². The molecule has 30 heavy (non-hydrogen) atoms. The highest BCUT2D eigenvalue weighted by atomic mass is 16.5. The summed E-state index contributed by atoms with van der Waals surface area (Å²) in [4.78, 5) is 13.1. The van der Waals surface area contributed by atoms with E-state index in [1.54, 1.807) is 0 Å². The van der Waals surface area contributed by atoms with Crippen LogP contribution in [0.25, 0.3) is 10.9 Å². The van der Waals surface area contributed by atoms with Gasteiger partial charge in [-0.15, -0.1) is 0 Å². The summed E-state index contributed by atoms with van der Waals surface area (Å²) in [7, 11) is 0. The van der Waals surface area contributed by atoms with Gasteiger partial charge in [-0.2, -0.15) is 0 Å². The Labute approximate surface area is 178 Å². The number of aromatic amines is 1. The molecule has 2 aromatic heterocycles. The lowest BCUT2D eigenvalue weighted by molar-refractivity contribution is 0.169. The predicted molar refractivity (Wildman–Crippen MR) is 121 cm³/mol. The van der Waals surface area contributed by atoms with Gasteiger partial charge in [-0.05, 0) is 38.3 Å². The smallest absolute Gasteiger partial charge is 0.194 e. The Balaban J connectivity index is 1.27. The number of aromatic nitrogens is 2. The minimum absolute atomic E-state index is 0.834. The summed E-state index contributed by atoms with van der Waals surface area (Å²) in [5.41, 5.74) is 3.60. The number of nitrogens with zero attached hydrogens (tertiary/aromatic N) is 4. The number of piperazine rings is 1. The van der Waals surface area contributed by atoms with E-state index in [0.717, 1.165) is 76.1 Å². The Hall–Kier alpha value is -2.80. The van der Waals surface area contributed by atoms with Gasteiger partial charge < -0.3 is 19.7 Å². The average Bonchev–Trinajstić information content (AvgIpc) is 3.37. The Morgan fingerprint density at radius 2 is 2.07 bits per heavy atom. The number of H-pyrrole nitrogens is 1.